The highest BCUT2D eigenvalue weighted by atomic mass is 35.5. The van der Waals surface area contributed by atoms with Crippen LogP contribution in [-0.2, 0) is 6.42 Å². The molecule has 0 saturated heterocycles. The number of halogens is 2. The number of likely N-dealkylation sites (N-methyl/N-ethyl adjacent to an activating group) is 1. The van der Waals surface area contributed by atoms with Crippen molar-refractivity contribution < 1.29 is 0 Å². The van der Waals surface area contributed by atoms with Gasteiger partial charge in [0, 0.05) is 16.1 Å². The summed E-state index contributed by atoms with van der Waals surface area (Å²) in [6, 6.07) is 12.5. The fourth-order valence-corrected chi connectivity index (χ4v) is 2.76. The molecule has 3 heteroatoms. The molecule has 0 aliphatic heterocycles. The van der Waals surface area contributed by atoms with E-state index < -0.39 is 0 Å². The smallest absolute Gasteiger partial charge is 0.0453 e. The van der Waals surface area contributed by atoms with E-state index in [1.165, 1.54) is 16.7 Å². The molecule has 1 unspecified atom stereocenters. The van der Waals surface area contributed by atoms with Gasteiger partial charge in [0.05, 0.1) is 0 Å². The van der Waals surface area contributed by atoms with Crippen molar-refractivity contribution in [1.29, 1.82) is 0 Å². The van der Waals surface area contributed by atoms with Gasteiger partial charge in [-0.3, -0.25) is 0 Å². The summed E-state index contributed by atoms with van der Waals surface area (Å²) in [7, 11) is 1.98. The fourth-order valence-electron chi connectivity index (χ4n) is 2.28. The molecule has 2 aromatic rings. The van der Waals surface area contributed by atoms with Crippen molar-refractivity contribution in [1.82, 2.24) is 5.32 Å². The molecule has 20 heavy (non-hydrogen) atoms. The third-order valence-corrected chi connectivity index (χ3v) is 4.31. The molecule has 1 atom stereocenters. The summed E-state index contributed by atoms with van der Waals surface area (Å²) < 4.78 is 0. The minimum absolute atomic E-state index is 0.243. The minimum Gasteiger partial charge on any atom is -0.313 e. The Balaban J connectivity index is 2.26. The predicted octanol–water partition coefficient (Wildman–Crippen LogP) is 5.11. The van der Waals surface area contributed by atoms with Crippen LogP contribution < -0.4 is 5.32 Å². The van der Waals surface area contributed by atoms with Crippen LogP contribution in [0.1, 0.15) is 28.3 Å². The lowest BCUT2D eigenvalue weighted by molar-refractivity contribution is 0.591. The second-order valence-corrected chi connectivity index (χ2v) is 5.97. The van der Waals surface area contributed by atoms with Gasteiger partial charge in [-0.05, 0) is 61.7 Å². The maximum atomic E-state index is 6.26. The van der Waals surface area contributed by atoms with Crippen LogP contribution in [0.2, 0.25) is 10.0 Å². The summed E-state index contributed by atoms with van der Waals surface area (Å²) in [4.78, 5) is 0. The zero-order valence-corrected chi connectivity index (χ0v) is 13.5. The van der Waals surface area contributed by atoms with E-state index in [-0.39, 0.29) is 6.04 Å². The average molecular weight is 308 g/mol. The number of rotatable bonds is 4. The highest BCUT2D eigenvalue weighted by Crippen LogP contribution is 2.26. The molecule has 0 heterocycles. The maximum Gasteiger partial charge on any atom is 0.0453 e. The topological polar surface area (TPSA) is 12.0 Å². The minimum atomic E-state index is 0.243. The highest BCUT2D eigenvalue weighted by molar-refractivity contribution is 6.35. The van der Waals surface area contributed by atoms with Gasteiger partial charge >= 0.3 is 0 Å². The van der Waals surface area contributed by atoms with Gasteiger partial charge < -0.3 is 5.32 Å². The molecule has 0 radical (unpaired) electrons. The second-order valence-electron chi connectivity index (χ2n) is 5.12. The van der Waals surface area contributed by atoms with Crippen molar-refractivity contribution in [2.45, 2.75) is 26.3 Å². The van der Waals surface area contributed by atoms with Gasteiger partial charge in [0.2, 0.25) is 0 Å². The van der Waals surface area contributed by atoms with E-state index in [1.54, 1.807) is 6.07 Å². The van der Waals surface area contributed by atoms with Gasteiger partial charge in [-0.1, -0.05) is 47.5 Å². The molecule has 0 amide bonds. The zero-order chi connectivity index (χ0) is 14.7. The van der Waals surface area contributed by atoms with Crippen LogP contribution in [0.5, 0.6) is 0 Å². The van der Waals surface area contributed by atoms with E-state index in [2.05, 4.69) is 37.4 Å². The van der Waals surface area contributed by atoms with E-state index >= 15 is 0 Å². The zero-order valence-electron chi connectivity index (χ0n) is 12.0. The standard InChI is InChI=1S/C17H19Cl2N/c1-11-4-5-14(8-12(11)2)17(20-3)9-13-6-7-15(18)10-16(13)19/h4-8,10,17,20H,9H2,1-3H3. The molecule has 0 aliphatic carbocycles. The van der Waals surface area contributed by atoms with Crippen LogP contribution in [0.3, 0.4) is 0 Å². The van der Waals surface area contributed by atoms with Crippen molar-refractivity contribution in [2.24, 2.45) is 0 Å². The lowest BCUT2D eigenvalue weighted by atomic mass is 9.96. The molecular formula is C17H19Cl2N. The third kappa shape index (κ3) is 3.54. The van der Waals surface area contributed by atoms with Crippen molar-refractivity contribution in [3.05, 3.63) is 68.7 Å². The van der Waals surface area contributed by atoms with Gasteiger partial charge in [0.1, 0.15) is 0 Å². The highest BCUT2D eigenvalue weighted by Gasteiger charge is 2.13. The van der Waals surface area contributed by atoms with Crippen molar-refractivity contribution >= 4 is 23.2 Å². The van der Waals surface area contributed by atoms with Crippen molar-refractivity contribution in [3.8, 4) is 0 Å². The first-order valence-corrected chi connectivity index (χ1v) is 7.45. The Hall–Kier alpha value is -1.02. The van der Waals surface area contributed by atoms with Gasteiger partial charge in [-0.2, -0.15) is 0 Å². The molecule has 1 N–H and O–H groups in total. The molecule has 0 aromatic heterocycles. The van der Waals surface area contributed by atoms with Crippen molar-refractivity contribution in [3.63, 3.8) is 0 Å². The Morgan fingerprint density at radius 1 is 1.00 bits per heavy atom. The Morgan fingerprint density at radius 3 is 2.35 bits per heavy atom. The molecular weight excluding hydrogens is 289 g/mol. The molecule has 1 nitrogen and oxygen atoms in total. The molecule has 2 rings (SSSR count). The summed E-state index contributed by atoms with van der Waals surface area (Å²) in [5.74, 6) is 0. The number of benzene rings is 2. The van der Waals surface area contributed by atoms with E-state index in [0.29, 0.717) is 5.02 Å². The van der Waals surface area contributed by atoms with Gasteiger partial charge in [-0.15, -0.1) is 0 Å². The third-order valence-electron chi connectivity index (χ3n) is 3.72. The Kier molecular flexibility index (Phi) is 5.09. The van der Waals surface area contributed by atoms with E-state index in [4.69, 9.17) is 23.2 Å². The molecule has 0 spiro atoms. The molecule has 0 bridgehead atoms. The summed E-state index contributed by atoms with van der Waals surface area (Å²) in [5, 5.41) is 4.76. The largest absolute Gasteiger partial charge is 0.313 e. The Bertz CT molecular complexity index is 608. The number of aryl methyl sites for hydroxylation is 2. The lowest BCUT2D eigenvalue weighted by Gasteiger charge is -2.19. The van der Waals surface area contributed by atoms with Crippen LogP contribution in [0.4, 0.5) is 0 Å². The first-order valence-electron chi connectivity index (χ1n) is 6.69. The normalized spacial score (nSPS) is 12.4. The molecule has 0 saturated carbocycles. The fraction of sp³-hybridized carbons (Fsp3) is 0.294. The Labute approximate surface area is 130 Å². The van der Waals surface area contributed by atoms with Crippen LogP contribution >= 0.6 is 23.2 Å². The van der Waals surface area contributed by atoms with Crippen LogP contribution in [0, 0.1) is 13.8 Å². The number of hydrogen-bond donors (Lipinski definition) is 1. The number of hydrogen-bond acceptors (Lipinski definition) is 1. The molecule has 0 fully saturated rings. The van der Waals surface area contributed by atoms with Crippen LogP contribution in [0.15, 0.2) is 36.4 Å². The first kappa shape index (κ1) is 15.4. The quantitative estimate of drug-likeness (QED) is 0.827. The van der Waals surface area contributed by atoms with Gasteiger partial charge in [0.15, 0.2) is 0 Å². The van der Waals surface area contributed by atoms with Gasteiger partial charge in [0.25, 0.3) is 0 Å². The van der Waals surface area contributed by atoms with Gasteiger partial charge in [-0.25, -0.2) is 0 Å². The summed E-state index contributed by atoms with van der Waals surface area (Å²) in [5.41, 5.74) is 5.01. The predicted molar refractivity (Wildman–Crippen MR) is 87.9 cm³/mol. The maximum absolute atomic E-state index is 6.26. The SMILES string of the molecule is CNC(Cc1ccc(Cl)cc1Cl)c1ccc(C)c(C)c1. The van der Waals surface area contributed by atoms with E-state index in [9.17, 15) is 0 Å². The second kappa shape index (κ2) is 6.62. The van der Waals surface area contributed by atoms with Crippen LogP contribution in [-0.4, -0.2) is 7.05 Å². The lowest BCUT2D eigenvalue weighted by Crippen LogP contribution is -2.19. The molecule has 106 valence electrons. The van der Waals surface area contributed by atoms with Crippen molar-refractivity contribution in [2.75, 3.05) is 7.05 Å². The summed E-state index contributed by atoms with van der Waals surface area (Å²) in [6.07, 6.45) is 0.842. The molecule has 0 aliphatic rings. The van der Waals surface area contributed by atoms with E-state index in [1.807, 2.05) is 19.2 Å². The van der Waals surface area contributed by atoms with Crippen LogP contribution in [0.25, 0.3) is 0 Å². The molecule has 2 aromatic carbocycles. The summed E-state index contributed by atoms with van der Waals surface area (Å²) >= 11 is 12.2. The monoisotopic (exact) mass is 307 g/mol. The van der Waals surface area contributed by atoms with E-state index in [0.717, 1.165) is 17.0 Å². The Morgan fingerprint density at radius 2 is 1.75 bits per heavy atom. The number of nitrogens with one attached hydrogen (secondary N) is 1. The first-order chi connectivity index (χ1) is 9.51. The summed E-state index contributed by atoms with van der Waals surface area (Å²) in [6.45, 7) is 4.27. The average Bonchev–Trinajstić information content (AvgIpc) is 2.41.